The summed E-state index contributed by atoms with van der Waals surface area (Å²) in [6.07, 6.45) is 2.55. The first-order chi connectivity index (χ1) is 6.65. The number of methoxy groups -OCH3 is 1. The van der Waals surface area contributed by atoms with Crippen LogP contribution in [0, 0.1) is 17.8 Å². The predicted molar refractivity (Wildman–Crippen MR) is 60.4 cm³/mol. The van der Waals surface area contributed by atoms with Crippen molar-refractivity contribution >= 4 is 0 Å². The maximum absolute atomic E-state index is 5.13. The summed E-state index contributed by atoms with van der Waals surface area (Å²) in [6, 6.07) is 0.628. The second-order valence-electron chi connectivity index (χ2n) is 5.01. The summed E-state index contributed by atoms with van der Waals surface area (Å²) in [5, 5.41) is 3.67. The van der Waals surface area contributed by atoms with Gasteiger partial charge < -0.3 is 10.1 Å². The van der Waals surface area contributed by atoms with Crippen molar-refractivity contribution in [2.75, 3.05) is 20.3 Å². The van der Waals surface area contributed by atoms with Gasteiger partial charge in [0.25, 0.3) is 0 Å². The van der Waals surface area contributed by atoms with Crippen molar-refractivity contribution in [1.82, 2.24) is 5.32 Å². The minimum Gasteiger partial charge on any atom is -0.385 e. The molecule has 0 aromatic heterocycles. The molecule has 1 aliphatic carbocycles. The topological polar surface area (TPSA) is 21.3 Å². The van der Waals surface area contributed by atoms with Crippen LogP contribution in [0.25, 0.3) is 0 Å². The molecule has 0 heterocycles. The Morgan fingerprint density at radius 1 is 1.43 bits per heavy atom. The third-order valence-corrected chi connectivity index (χ3v) is 3.36. The van der Waals surface area contributed by atoms with Crippen LogP contribution in [0.2, 0.25) is 0 Å². The van der Waals surface area contributed by atoms with Gasteiger partial charge >= 0.3 is 0 Å². The van der Waals surface area contributed by atoms with E-state index in [0.717, 1.165) is 24.9 Å². The lowest BCUT2D eigenvalue weighted by atomic mass is 10.0. The number of nitrogens with one attached hydrogen (secondary N) is 1. The minimum absolute atomic E-state index is 0.628. The van der Waals surface area contributed by atoms with E-state index in [0.29, 0.717) is 12.0 Å². The molecule has 1 N–H and O–H groups in total. The van der Waals surface area contributed by atoms with E-state index in [1.165, 1.54) is 13.0 Å². The predicted octanol–water partition coefficient (Wildman–Crippen LogP) is 2.29. The van der Waals surface area contributed by atoms with Gasteiger partial charge in [-0.25, -0.2) is 0 Å². The molecule has 0 radical (unpaired) electrons. The molecule has 14 heavy (non-hydrogen) atoms. The Labute approximate surface area is 88.4 Å². The molecule has 2 nitrogen and oxygen atoms in total. The zero-order chi connectivity index (χ0) is 10.6. The molecule has 0 aromatic carbocycles. The highest BCUT2D eigenvalue weighted by molar-refractivity contribution is 4.85. The first kappa shape index (κ1) is 12.0. The molecule has 0 saturated heterocycles. The molecule has 3 atom stereocenters. The first-order valence-corrected chi connectivity index (χ1v) is 5.87. The van der Waals surface area contributed by atoms with Crippen LogP contribution < -0.4 is 5.32 Å². The monoisotopic (exact) mass is 199 g/mol. The molecular formula is C12H25NO. The number of hydrogen-bond acceptors (Lipinski definition) is 2. The van der Waals surface area contributed by atoms with Crippen molar-refractivity contribution in [3.05, 3.63) is 0 Å². The van der Waals surface area contributed by atoms with Crippen molar-refractivity contribution < 1.29 is 4.74 Å². The Bertz CT molecular complexity index is 158. The van der Waals surface area contributed by atoms with Crippen LogP contribution in [0.15, 0.2) is 0 Å². The molecule has 0 aromatic rings. The van der Waals surface area contributed by atoms with Crippen LogP contribution in [-0.2, 0) is 4.74 Å². The average molecular weight is 199 g/mol. The Balaban J connectivity index is 2.14. The third-order valence-electron chi connectivity index (χ3n) is 3.36. The molecule has 0 spiro atoms. The molecular weight excluding hydrogens is 174 g/mol. The van der Waals surface area contributed by atoms with Gasteiger partial charge in [-0.3, -0.25) is 0 Å². The van der Waals surface area contributed by atoms with Crippen LogP contribution in [0.1, 0.15) is 33.6 Å². The van der Waals surface area contributed by atoms with Crippen molar-refractivity contribution in [2.45, 2.75) is 39.7 Å². The second kappa shape index (κ2) is 5.72. The van der Waals surface area contributed by atoms with Gasteiger partial charge in [0.2, 0.25) is 0 Å². The maximum Gasteiger partial charge on any atom is 0.0477 e. The van der Waals surface area contributed by atoms with Gasteiger partial charge in [0.05, 0.1) is 0 Å². The molecule has 3 unspecified atom stereocenters. The molecule has 0 amide bonds. The van der Waals surface area contributed by atoms with E-state index in [-0.39, 0.29) is 0 Å². The van der Waals surface area contributed by atoms with Crippen LogP contribution in [-0.4, -0.2) is 26.3 Å². The average Bonchev–Trinajstić information content (AvgIpc) is 2.81. The van der Waals surface area contributed by atoms with E-state index in [1.54, 1.807) is 7.11 Å². The number of rotatable bonds is 7. The fourth-order valence-electron chi connectivity index (χ4n) is 1.90. The zero-order valence-electron chi connectivity index (χ0n) is 10.0. The normalized spacial score (nSPS) is 28.1. The summed E-state index contributed by atoms with van der Waals surface area (Å²) in [4.78, 5) is 0. The Kier molecular flexibility index (Phi) is 4.90. The van der Waals surface area contributed by atoms with E-state index in [2.05, 4.69) is 26.1 Å². The smallest absolute Gasteiger partial charge is 0.0477 e. The highest BCUT2D eigenvalue weighted by atomic mass is 16.5. The second-order valence-corrected chi connectivity index (χ2v) is 5.01. The molecule has 1 aliphatic rings. The third kappa shape index (κ3) is 3.97. The van der Waals surface area contributed by atoms with Gasteiger partial charge in [-0.2, -0.15) is 0 Å². The Hall–Kier alpha value is -0.0800. The van der Waals surface area contributed by atoms with E-state index in [1.807, 2.05) is 0 Å². The number of hydrogen-bond donors (Lipinski definition) is 1. The van der Waals surface area contributed by atoms with Crippen molar-refractivity contribution in [3.8, 4) is 0 Å². The zero-order valence-corrected chi connectivity index (χ0v) is 10.0. The lowest BCUT2D eigenvalue weighted by Gasteiger charge is -2.22. The fourth-order valence-corrected chi connectivity index (χ4v) is 1.90. The van der Waals surface area contributed by atoms with Crippen LogP contribution in [0.3, 0.4) is 0 Å². The first-order valence-electron chi connectivity index (χ1n) is 5.87. The lowest BCUT2D eigenvalue weighted by Crippen LogP contribution is -2.36. The van der Waals surface area contributed by atoms with E-state index in [4.69, 9.17) is 4.74 Å². The summed E-state index contributed by atoms with van der Waals surface area (Å²) < 4.78 is 5.13. The standard InChI is InChI=1S/C12H25NO/c1-9(2)12(5-6-14-4)13-8-11-7-10(11)3/h9-13H,5-8H2,1-4H3. The quantitative estimate of drug-likeness (QED) is 0.679. The molecule has 0 aliphatic heterocycles. The van der Waals surface area contributed by atoms with Gasteiger partial charge in [-0.05, 0) is 37.1 Å². The van der Waals surface area contributed by atoms with Gasteiger partial charge in [0.1, 0.15) is 0 Å². The van der Waals surface area contributed by atoms with Gasteiger partial charge in [0, 0.05) is 19.8 Å². The minimum atomic E-state index is 0.628. The summed E-state index contributed by atoms with van der Waals surface area (Å²) >= 11 is 0. The molecule has 84 valence electrons. The summed E-state index contributed by atoms with van der Waals surface area (Å²) in [5.74, 6) is 2.61. The van der Waals surface area contributed by atoms with Crippen molar-refractivity contribution in [3.63, 3.8) is 0 Å². The SMILES string of the molecule is COCCC(NCC1CC1C)C(C)C. The van der Waals surface area contributed by atoms with Crippen molar-refractivity contribution in [2.24, 2.45) is 17.8 Å². The van der Waals surface area contributed by atoms with Crippen LogP contribution >= 0.6 is 0 Å². The maximum atomic E-state index is 5.13. The summed E-state index contributed by atoms with van der Waals surface area (Å²) in [6.45, 7) is 8.98. The van der Waals surface area contributed by atoms with Gasteiger partial charge in [0.15, 0.2) is 0 Å². The number of ether oxygens (including phenoxy) is 1. The van der Waals surface area contributed by atoms with E-state index in [9.17, 15) is 0 Å². The highest BCUT2D eigenvalue weighted by Crippen LogP contribution is 2.36. The molecule has 1 saturated carbocycles. The van der Waals surface area contributed by atoms with Gasteiger partial charge in [-0.1, -0.05) is 20.8 Å². The van der Waals surface area contributed by atoms with Gasteiger partial charge in [-0.15, -0.1) is 0 Å². The fraction of sp³-hybridized carbons (Fsp3) is 1.00. The van der Waals surface area contributed by atoms with Crippen molar-refractivity contribution in [1.29, 1.82) is 0 Å². The Morgan fingerprint density at radius 2 is 2.07 bits per heavy atom. The van der Waals surface area contributed by atoms with E-state index < -0.39 is 0 Å². The molecule has 2 heteroatoms. The van der Waals surface area contributed by atoms with E-state index >= 15 is 0 Å². The van der Waals surface area contributed by atoms with Crippen LogP contribution in [0.5, 0.6) is 0 Å². The summed E-state index contributed by atoms with van der Waals surface area (Å²) in [5.41, 5.74) is 0. The largest absolute Gasteiger partial charge is 0.385 e. The molecule has 0 bridgehead atoms. The van der Waals surface area contributed by atoms with Crippen LogP contribution in [0.4, 0.5) is 0 Å². The Morgan fingerprint density at radius 3 is 2.50 bits per heavy atom. The summed E-state index contributed by atoms with van der Waals surface area (Å²) in [7, 11) is 1.78. The lowest BCUT2D eigenvalue weighted by molar-refractivity contribution is 0.173. The molecule has 1 fully saturated rings. The highest BCUT2D eigenvalue weighted by Gasteiger charge is 2.32. The molecule has 1 rings (SSSR count).